The fraction of sp³-hybridized carbons (Fsp3) is 0.229. The number of carbonyl (C=O) groups excluding carboxylic acids is 6. The maximum absolute atomic E-state index is 12.2. The molecule has 48 nitrogen and oxygen atoms in total. The van der Waals surface area contributed by atoms with Crippen LogP contribution in [0.15, 0.2) is 210 Å². The van der Waals surface area contributed by atoms with Crippen LogP contribution < -0.4 is 75.4 Å². The molecule has 8 N–H and O–H groups in total. The minimum absolute atomic E-state index is 0. The molecule has 25 rings (SSSR count). The normalized spacial score (nSPS) is 12.4. The van der Waals surface area contributed by atoms with Crippen molar-refractivity contribution in [3.8, 4) is 62.8 Å². The zero-order valence-corrected chi connectivity index (χ0v) is 85.4. The van der Waals surface area contributed by atoms with Crippen molar-refractivity contribution in [3.05, 3.63) is 298 Å². The number of nitrogens with one attached hydrogen (secondary N) is 4. The average molecular weight is 2150 g/mol. The number of alkyl halides is 1. The number of aliphatic hydroxyl groups is 1. The third kappa shape index (κ3) is 23.7. The Balaban J connectivity index is 0.000000193. The number of nitrogens with zero attached hydrogens (tertiary/aromatic N) is 32. The number of aryl methyl sites for hydroxylation is 5. The third-order valence-corrected chi connectivity index (χ3v) is 23.4. The van der Waals surface area contributed by atoms with Gasteiger partial charge < -0.3 is 54.2 Å². The number of hydrogen-bond donors (Lipinski definition) is 7. The molecule has 4 amide bonds. The fourth-order valence-corrected chi connectivity index (χ4v) is 16.6. The Morgan fingerprint density at radius 2 is 0.812 bits per heavy atom. The number of aliphatic hydroxyl groups excluding tert-OH is 1. The van der Waals surface area contributed by atoms with E-state index in [9.17, 15) is 28.8 Å². The van der Waals surface area contributed by atoms with Crippen LogP contribution in [0.4, 0.5) is 28.4 Å². The number of imidazole rings is 2. The van der Waals surface area contributed by atoms with E-state index in [1.807, 2.05) is 204 Å². The van der Waals surface area contributed by atoms with E-state index in [4.69, 9.17) is 35.0 Å². The van der Waals surface area contributed by atoms with Gasteiger partial charge in [0.05, 0.1) is 211 Å². The Bertz CT molecular complexity index is 7830. The molecular weight excluding hydrogens is 2050 g/mol. The minimum atomic E-state index is -0.569. The molecule has 0 fully saturated rings. The molecule has 11 aromatic heterocycles. The second-order valence-electron chi connectivity index (χ2n) is 32.0. The molecule has 7 aliphatic heterocycles. The zero-order valence-electron chi connectivity index (χ0n) is 82.1. The van der Waals surface area contributed by atoms with E-state index in [0.29, 0.717) is 101 Å². The number of esters is 2. The van der Waals surface area contributed by atoms with Crippen LogP contribution >= 0.6 is 32.9 Å². The van der Waals surface area contributed by atoms with Crippen LogP contribution in [0, 0.1) is 34.6 Å². The molecule has 0 bridgehead atoms. The molecule has 0 aliphatic carbocycles. The topological polar surface area (TPSA) is 580 Å². The van der Waals surface area contributed by atoms with Gasteiger partial charge in [0.15, 0.2) is 22.9 Å². The Kier molecular flexibility index (Phi) is 38.0. The molecule has 0 unspecified atom stereocenters. The van der Waals surface area contributed by atoms with E-state index in [0.717, 1.165) is 137 Å². The van der Waals surface area contributed by atoms with Gasteiger partial charge in [-0.2, -0.15) is 10.1 Å². The first-order chi connectivity index (χ1) is 69.1. The summed E-state index contributed by atoms with van der Waals surface area (Å²) in [6.45, 7) is 14.8. The van der Waals surface area contributed by atoms with Gasteiger partial charge in [0.1, 0.15) is 42.7 Å². The van der Waals surface area contributed by atoms with Crippen LogP contribution in [0.1, 0.15) is 158 Å². The smallest absolute Gasteiger partial charge is 1.00 e. The number of carbonyl (C=O) groups is 6. The largest absolute Gasteiger partial charge is 1.00 e. The van der Waals surface area contributed by atoms with Gasteiger partial charge in [-0.25, -0.2) is 67.0 Å². The number of benzene rings is 7. The van der Waals surface area contributed by atoms with Crippen LogP contribution in [0.5, 0.6) is 0 Å². The number of rotatable bonds is 7. The van der Waals surface area contributed by atoms with Crippen molar-refractivity contribution in [2.24, 2.45) is 15.9 Å². The van der Waals surface area contributed by atoms with Gasteiger partial charge in [-0.15, -0.1) is 52.7 Å². The van der Waals surface area contributed by atoms with Crippen molar-refractivity contribution in [1.82, 2.24) is 149 Å². The number of para-hydroxylation sites is 14. The van der Waals surface area contributed by atoms with Crippen molar-refractivity contribution in [3.63, 3.8) is 0 Å². The molecule has 149 heavy (non-hydrogen) atoms. The minimum Gasteiger partial charge on any atom is -1.00 e. The Morgan fingerprint density at radius 3 is 1.26 bits per heavy atom. The van der Waals surface area contributed by atoms with Gasteiger partial charge >= 0.3 is 60.4 Å². The monoisotopic (exact) mass is 2150 g/mol. The molecule has 3 radical (unpaired) electrons. The summed E-state index contributed by atoms with van der Waals surface area (Å²) in [5, 5.41) is 96.6. The number of aromatic nitrogens is 30. The Hall–Kier alpha value is -16.4. The van der Waals surface area contributed by atoms with Gasteiger partial charge in [-0.3, -0.25) is 28.3 Å². The van der Waals surface area contributed by atoms with Crippen molar-refractivity contribution in [2.75, 3.05) is 34.5 Å². The SMILES string of the molecule is Br.C.C.C.C/C(N)=N/O.CCOC(=O)c1ncn2c1Cc1c(C)nnn1-c1ccccc1-2.CCOC(=O)c1nnn2c1CC(=O)Nc1ccccc1-2.Cc1nnn2c1CC(=O)Nc1ccccc1-2.Cc1nnn2c1CC(n1cncn1)=Nc1ccccc1-2.Cc1noc(-c2ncn3c2Cc2c(C)nnn2-c2ccccc2-3)n1.O=C1Cc2c(CBr)nnn2-c2ccccc2N1.O=C1Cc2c(CO)nnn2-c2ccccc2N1.[B].[H-].[H-].[Li+].[Na+]. The summed E-state index contributed by atoms with van der Waals surface area (Å²) in [6, 6.07) is 53.5. The van der Waals surface area contributed by atoms with E-state index in [1.165, 1.54) is 17.9 Å². The number of ether oxygens (including phenoxy) is 2. The first-order valence-electron chi connectivity index (χ1n) is 44.2. The number of hydrogen-bond acceptors (Lipinski definition) is 33. The third-order valence-electron chi connectivity index (χ3n) is 22.8. The number of oxime groups is 1. The molecule has 755 valence electrons. The molecular formula is C96H101BBr2LiN37NaO11. The first kappa shape index (κ1) is 113. The predicted octanol–water partition coefficient (Wildman–Crippen LogP) is 5.18. The second kappa shape index (κ2) is 50.1. The van der Waals surface area contributed by atoms with Crippen molar-refractivity contribution < 1.29 is 104 Å². The molecule has 18 aromatic rings. The molecule has 0 saturated heterocycles. The predicted molar refractivity (Wildman–Crippen MR) is 550 cm³/mol. The van der Waals surface area contributed by atoms with Crippen LogP contribution in [0.25, 0.3) is 62.8 Å². The van der Waals surface area contributed by atoms with Gasteiger partial charge in [0.25, 0.3) is 5.89 Å². The van der Waals surface area contributed by atoms with Crippen LogP contribution in [0.3, 0.4) is 0 Å². The van der Waals surface area contributed by atoms with E-state index >= 15 is 0 Å². The van der Waals surface area contributed by atoms with Crippen molar-refractivity contribution in [1.29, 1.82) is 0 Å². The summed E-state index contributed by atoms with van der Waals surface area (Å²) in [5.74, 6) is 0.609. The van der Waals surface area contributed by atoms with E-state index < -0.39 is 11.9 Å². The number of aliphatic imine (C=N–C) groups is 1. The number of amides is 4. The van der Waals surface area contributed by atoms with E-state index in [-0.39, 0.29) is 160 Å². The molecule has 7 aliphatic rings. The number of halogens is 2. The number of fused-ring (bicyclic) bond motifs is 25. The quantitative estimate of drug-likeness (QED) is 0.0205. The zero-order chi connectivity index (χ0) is 98.9. The summed E-state index contributed by atoms with van der Waals surface area (Å²) in [5.41, 5.74) is 29.7. The van der Waals surface area contributed by atoms with Gasteiger partial charge in [-0.05, 0) is 140 Å². The Morgan fingerprint density at radius 1 is 0.456 bits per heavy atom. The fourth-order valence-electron chi connectivity index (χ4n) is 16.2. The summed E-state index contributed by atoms with van der Waals surface area (Å²) in [6.07, 6.45) is 9.15. The summed E-state index contributed by atoms with van der Waals surface area (Å²) >= 11 is 3.35. The van der Waals surface area contributed by atoms with Crippen LogP contribution in [-0.4, -0.2) is 228 Å². The van der Waals surface area contributed by atoms with Gasteiger partial charge in [0, 0.05) is 26.6 Å². The van der Waals surface area contributed by atoms with Crippen molar-refractivity contribution in [2.45, 2.75) is 135 Å². The molecule has 53 heteroatoms. The summed E-state index contributed by atoms with van der Waals surface area (Å²) < 4.78 is 33.2. The number of nitrogens with two attached hydrogens (primary N) is 1. The summed E-state index contributed by atoms with van der Waals surface area (Å²) in [7, 11) is 0. The standard InChI is InChI=1S/C16H13N7O.C16H15N5O2.C13H11N7.C13H12N4O3.C11H9BrN4O.C11H10N4O2.C11H10N4O.C2H6N2O.3CH4.B.BrH.Li.Na.2H/c1-9-13-7-14-15(16-18-10(2)20-24-16)17-8-22(14)11-5-3-4-6-12(11)23(13)21-19-9;1-3-23-16(22)15-14-8-13-10(2)18-19-21(13)12-7-5-4-6-11(12)20(14)9-17-15;1-9-12-6-13(19-8-14-7-15-19)16-10-4-2-3-5-11(10)20(12)18-17-9;1-2-20-13(19)12-10-7-11(18)14-8-5-3-4-6-9(8)17(10)16-15-12;12-6-8-10-5-11(17)13-7-3-1-2-4-9(7)16(10)15-14-8;16-6-8-10-5-11(17)12-7-3-1-2-4-9(7)15(10)14-13-8;1-7-10-6-11(16)12-8-4-2-3-5-9(8)15(10)14-13-7;1-2(3)4-5;;;;;;;;;/h3-6,8H,7H2,1-2H3;4-7,9H,3,8H2,1-2H3;2-5,7-8H,6H2,1H3;3-6H,2,7H2,1H3,(H,14,18);1-4H,5-6H2,(H,13,17);1-4,16H,5-6H2,(H,12,17);2-5H,6H2,1H3,(H,12,16);5H,1H3,(H2,3,4);3*1H4;;1H;;;;/q;;;;;;;;;;;;;2*+1;2*-1. The average Bonchev–Trinajstić information content (AvgIpc) is 1.60. The van der Waals surface area contributed by atoms with Gasteiger partial charge in [-0.1, -0.05) is 170 Å². The van der Waals surface area contributed by atoms with E-state index in [2.05, 4.69) is 149 Å². The van der Waals surface area contributed by atoms with E-state index in [1.54, 1.807) is 70.6 Å². The second-order valence-corrected chi connectivity index (χ2v) is 32.6. The summed E-state index contributed by atoms with van der Waals surface area (Å²) in [4.78, 5) is 92.9. The van der Waals surface area contributed by atoms with Crippen LogP contribution in [-0.2, 0) is 85.5 Å². The molecule has 18 heterocycles. The first-order valence-corrected chi connectivity index (χ1v) is 45.3. The Labute approximate surface area is 909 Å². The molecule has 0 spiro atoms. The van der Waals surface area contributed by atoms with Crippen molar-refractivity contribution >= 4 is 117 Å². The maximum atomic E-state index is 12.2. The molecule has 7 aromatic carbocycles. The van der Waals surface area contributed by atoms with Crippen LogP contribution in [0.2, 0.25) is 0 Å². The van der Waals surface area contributed by atoms with Gasteiger partial charge in [0.2, 0.25) is 23.6 Å². The molecule has 0 saturated carbocycles. The number of anilines is 4. The number of amidine groups is 1. The molecule has 0 atom stereocenters. The maximum Gasteiger partial charge on any atom is 1.00 e.